The van der Waals surface area contributed by atoms with Gasteiger partial charge in [0.15, 0.2) is 0 Å². The minimum atomic E-state index is -0.521. The highest BCUT2D eigenvalue weighted by molar-refractivity contribution is 8.00. The van der Waals surface area contributed by atoms with Gasteiger partial charge in [0.1, 0.15) is 5.78 Å². The van der Waals surface area contributed by atoms with Gasteiger partial charge in [0, 0.05) is 44.9 Å². The number of ether oxygens (including phenoxy) is 2. The third-order valence-corrected chi connectivity index (χ3v) is 4.57. The van der Waals surface area contributed by atoms with E-state index in [0.29, 0.717) is 57.6 Å². The van der Waals surface area contributed by atoms with Crippen LogP contribution in [0.15, 0.2) is 0 Å². The molecule has 0 aliphatic rings. The number of rotatable bonds is 17. The Morgan fingerprint density at radius 1 is 1.00 bits per heavy atom. The van der Waals surface area contributed by atoms with Crippen molar-refractivity contribution in [3.63, 3.8) is 0 Å². The molecule has 158 valence electrons. The molecule has 0 aromatic carbocycles. The van der Waals surface area contributed by atoms with Crippen LogP contribution in [0.25, 0.3) is 0 Å². The van der Waals surface area contributed by atoms with Gasteiger partial charge in [-0.25, -0.2) is 0 Å². The number of thioether (sulfide) groups is 1. The highest BCUT2D eigenvalue weighted by Crippen LogP contribution is 2.16. The molecule has 0 saturated heterocycles. The molecule has 0 fully saturated rings. The van der Waals surface area contributed by atoms with E-state index in [1.807, 2.05) is 6.92 Å². The SMILES string of the molecule is CCCOCCNC(=O)C(CC(=O)NCCOCC(C)C)SCCC(C)=O. The Hall–Kier alpha value is -1.12. The quantitative estimate of drug-likeness (QED) is 0.359. The van der Waals surface area contributed by atoms with E-state index in [-0.39, 0.29) is 24.0 Å². The molecule has 0 bridgehead atoms. The third-order valence-electron chi connectivity index (χ3n) is 3.35. The van der Waals surface area contributed by atoms with E-state index in [4.69, 9.17) is 9.47 Å². The number of Topliss-reactive ketones (excluding diaryl/α,β-unsaturated/α-hetero) is 1. The lowest BCUT2D eigenvalue weighted by molar-refractivity contribution is -0.126. The van der Waals surface area contributed by atoms with Gasteiger partial charge < -0.3 is 20.1 Å². The van der Waals surface area contributed by atoms with Gasteiger partial charge >= 0.3 is 0 Å². The summed E-state index contributed by atoms with van der Waals surface area (Å²) in [5.74, 6) is 0.648. The molecular formula is C19H36N2O5S. The molecular weight excluding hydrogens is 368 g/mol. The van der Waals surface area contributed by atoms with Crippen molar-refractivity contribution in [3.8, 4) is 0 Å². The van der Waals surface area contributed by atoms with E-state index < -0.39 is 5.25 Å². The monoisotopic (exact) mass is 404 g/mol. The topological polar surface area (TPSA) is 93.7 Å². The molecule has 0 aliphatic carbocycles. The fourth-order valence-electron chi connectivity index (χ4n) is 2.00. The van der Waals surface area contributed by atoms with Crippen LogP contribution in [-0.2, 0) is 23.9 Å². The van der Waals surface area contributed by atoms with Gasteiger partial charge in [-0.05, 0) is 19.3 Å². The average Bonchev–Trinajstić information content (AvgIpc) is 2.59. The summed E-state index contributed by atoms with van der Waals surface area (Å²) < 4.78 is 10.8. The summed E-state index contributed by atoms with van der Waals surface area (Å²) in [5, 5.41) is 5.05. The molecule has 1 atom stereocenters. The first-order valence-electron chi connectivity index (χ1n) is 9.67. The van der Waals surface area contributed by atoms with Gasteiger partial charge in [0.25, 0.3) is 0 Å². The van der Waals surface area contributed by atoms with Crippen LogP contribution in [0.1, 0.15) is 47.0 Å². The summed E-state index contributed by atoms with van der Waals surface area (Å²) in [5.41, 5.74) is 0. The van der Waals surface area contributed by atoms with Crippen LogP contribution in [0, 0.1) is 5.92 Å². The second-order valence-electron chi connectivity index (χ2n) is 6.74. The second kappa shape index (κ2) is 17.0. The molecule has 0 spiro atoms. The first-order valence-corrected chi connectivity index (χ1v) is 10.7. The maximum Gasteiger partial charge on any atom is 0.233 e. The van der Waals surface area contributed by atoms with Crippen LogP contribution in [0.2, 0.25) is 0 Å². The molecule has 0 rings (SSSR count). The molecule has 8 heteroatoms. The van der Waals surface area contributed by atoms with Crippen LogP contribution in [0.3, 0.4) is 0 Å². The Morgan fingerprint density at radius 2 is 1.67 bits per heavy atom. The highest BCUT2D eigenvalue weighted by Gasteiger charge is 2.22. The molecule has 1 unspecified atom stereocenters. The smallest absolute Gasteiger partial charge is 0.233 e. The van der Waals surface area contributed by atoms with Gasteiger partial charge in [-0.3, -0.25) is 14.4 Å². The van der Waals surface area contributed by atoms with Crippen molar-refractivity contribution in [2.24, 2.45) is 5.92 Å². The van der Waals surface area contributed by atoms with Gasteiger partial charge in [-0.2, -0.15) is 0 Å². The minimum absolute atomic E-state index is 0.0707. The van der Waals surface area contributed by atoms with E-state index >= 15 is 0 Å². The van der Waals surface area contributed by atoms with Crippen LogP contribution < -0.4 is 10.6 Å². The number of nitrogens with one attached hydrogen (secondary N) is 2. The average molecular weight is 405 g/mol. The van der Waals surface area contributed by atoms with Crippen molar-refractivity contribution < 1.29 is 23.9 Å². The largest absolute Gasteiger partial charge is 0.380 e. The number of hydrogen-bond donors (Lipinski definition) is 2. The van der Waals surface area contributed by atoms with Crippen LogP contribution in [-0.4, -0.2) is 68.1 Å². The molecule has 0 saturated carbocycles. The first kappa shape index (κ1) is 25.9. The summed E-state index contributed by atoms with van der Waals surface area (Å²) in [6, 6.07) is 0. The standard InChI is InChI=1S/C19H36N2O5S/c1-5-9-25-10-8-21-19(24)17(27-12-6-16(4)22)13-18(23)20-7-11-26-14-15(2)3/h15,17H,5-14H2,1-4H3,(H,20,23)(H,21,24). The molecule has 0 heterocycles. The van der Waals surface area contributed by atoms with Crippen LogP contribution in [0.5, 0.6) is 0 Å². The maximum atomic E-state index is 12.4. The van der Waals surface area contributed by atoms with E-state index in [1.54, 1.807) is 0 Å². The Labute approximate surface area is 167 Å². The normalized spacial score (nSPS) is 12.0. The maximum absolute atomic E-state index is 12.4. The fraction of sp³-hybridized carbons (Fsp3) is 0.842. The zero-order chi connectivity index (χ0) is 20.5. The predicted molar refractivity (Wildman–Crippen MR) is 109 cm³/mol. The van der Waals surface area contributed by atoms with Gasteiger partial charge in [-0.1, -0.05) is 20.8 Å². The third kappa shape index (κ3) is 16.8. The molecule has 0 aromatic heterocycles. The summed E-state index contributed by atoms with van der Waals surface area (Å²) in [4.78, 5) is 35.6. The Kier molecular flexibility index (Phi) is 16.3. The first-order chi connectivity index (χ1) is 12.9. The number of carbonyl (C=O) groups is 3. The van der Waals surface area contributed by atoms with Crippen molar-refractivity contribution in [2.45, 2.75) is 52.2 Å². The number of ketones is 1. The summed E-state index contributed by atoms with van der Waals surface area (Å²) in [7, 11) is 0. The second-order valence-corrected chi connectivity index (χ2v) is 8.05. The van der Waals surface area contributed by atoms with E-state index in [9.17, 15) is 14.4 Å². The summed E-state index contributed by atoms with van der Waals surface area (Å²) in [6.07, 6.45) is 1.39. The van der Waals surface area contributed by atoms with Crippen LogP contribution >= 0.6 is 11.8 Å². The van der Waals surface area contributed by atoms with Gasteiger partial charge in [0.05, 0.1) is 18.5 Å². The zero-order valence-corrected chi connectivity index (χ0v) is 18.0. The summed E-state index contributed by atoms with van der Waals surface area (Å²) >= 11 is 1.34. The van der Waals surface area contributed by atoms with E-state index in [2.05, 4.69) is 24.5 Å². The minimum Gasteiger partial charge on any atom is -0.380 e. The molecule has 27 heavy (non-hydrogen) atoms. The predicted octanol–water partition coefficient (Wildman–Crippen LogP) is 1.79. The number of amides is 2. The number of hydrogen-bond acceptors (Lipinski definition) is 6. The lowest BCUT2D eigenvalue weighted by Crippen LogP contribution is -2.39. The Bertz CT molecular complexity index is 432. The van der Waals surface area contributed by atoms with Crippen molar-refractivity contribution in [1.29, 1.82) is 0 Å². The molecule has 0 aromatic rings. The highest BCUT2D eigenvalue weighted by atomic mass is 32.2. The van der Waals surface area contributed by atoms with E-state index in [0.717, 1.165) is 6.42 Å². The molecule has 2 N–H and O–H groups in total. The zero-order valence-electron chi connectivity index (χ0n) is 17.2. The molecule has 7 nitrogen and oxygen atoms in total. The lowest BCUT2D eigenvalue weighted by Gasteiger charge is -2.16. The fourth-order valence-corrected chi connectivity index (χ4v) is 3.19. The Morgan fingerprint density at radius 3 is 2.30 bits per heavy atom. The van der Waals surface area contributed by atoms with Crippen molar-refractivity contribution in [2.75, 3.05) is 45.3 Å². The molecule has 0 aliphatic heterocycles. The van der Waals surface area contributed by atoms with E-state index in [1.165, 1.54) is 18.7 Å². The summed E-state index contributed by atoms with van der Waals surface area (Å²) in [6.45, 7) is 10.7. The van der Waals surface area contributed by atoms with Crippen molar-refractivity contribution in [1.82, 2.24) is 10.6 Å². The van der Waals surface area contributed by atoms with Crippen LogP contribution in [0.4, 0.5) is 0 Å². The molecule has 0 radical (unpaired) electrons. The van der Waals surface area contributed by atoms with Gasteiger partial charge in [0.2, 0.25) is 11.8 Å². The van der Waals surface area contributed by atoms with Gasteiger partial charge in [-0.15, -0.1) is 11.8 Å². The lowest BCUT2D eigenvalue weighted by atomic mass is 10.2. The molecule has 2 amide bonds. The Balaban J connectivity index is 4.28. The van der Waals surface area contributed by atoms with Crippen molar-refractivity contribution in [3.05, 3.63) is 0 Å². The van der Waals surface area contributed by atoms with Crippen molar-refractivity contribution >= 4 is 29.4 Å². The number of carbonyl (C=O) groups excluding carboxylic acids is 3.